The Bertz CT molecular complexity index is 1170. The normalized spacial score (nSPS) is 19.3. The Balaban J connectivity index is 1.11. The number of amides is 1. The molecule has 6 nitrogen and oxygen atoms in total. The number of hydrogen-bond acceptors (Lipinski definition) is 5. The number of aromatic nitrogens is 2. The summed E-state index contributed by atoms with van der Waals surface area (Å²) in [6.07, 6.45) is 8.90. The van der Waals surface area contributed by atoms with Crippen LogP contribution < -0.4 is 15.5 Å². The van der Waals surface area contributed by atoms with Crippen molar-refractivity contribution in [3.8, 4) is 11.1 Å². The Morgan fingerprint density at radius 2 is 1.58 bits per heavy atom. The Hall–Kier alpha value is -3.41. The monoisotopic (exact) mass is 483 g/mol. The van der Waals surface area contributed by atoms with E-state index in [0.717, 1.165) is 68.0 Å². The number of carbonyl (C=O) groups is 1. The molecule has 1 saturated carbocycles. The minimum Gasteiger partial charge on any atom is -0.362 e. The van der Waals surface area contributed by atoms with Crippen molar-refractivity contribution >= 4 is 17.7 Å². The molecule has 3 aromatic rings. The number of nitrogens with zero attached hydrogens (tertiary/aromatic N) is 3. The van der Waals surface area contributed by atoms with E-state index in [-0.39, 0.29) is 5.91 Å². The molecule has 0 aliphatic heterocycles. The van der Waals surface area contributed by atoms with Crippen LogP contribution in [0, 0.1) is 5.92 Å². The number of aryl methyl sites for hydroxylation is 1. The fraction of sp³-hybridized carbons (Fsp3) is 0.433. The number of nitrogens with one attached hydrogen (secondary N) is 2. The summed E-state index contributed by atoms with van der Waals surface area (Å²) in [5.74, 6) is 2.36. The first-order chi connectivity index (χ1) is 17.6. The zero-order valence-corrected chi connectivity index (χ0v) is 21.5. The first-order valence-electron chi connectivity index (χ1n) is 13.3. The van der Waals surface area contributed by atoms with E-state index in [1.807, 2.05) is 42.5 Å². The van der Waals surface area contributed by atoms with Crippen molar-refractivity contribution in [3.05, 3.63) is 71.4 Å². The number of rotatable bonds is 7. The largest absolute Gasteiger partial charge is 0.362 e. The van der Waals surface area contributed by atoms with Gasteiger partial charge in [-0.2, -0.15) is 4.98 Å². The Morgan fingerprint density at radius 1 is 0.889 bits per heavy atom. The summed E-state index contributed by atoms with van der Waals surface area (Å²) in [5.41, 5.74) is 5.54. The quantitative estimate of drug-likeness (QED) is 0.465. The van der Waals surface area contributed by atoms with Crippen molar-refractivity contribution in [2.24, 2.45) is 5.92 Å². The lowest BCUT2D eigenvalue weighted by Gasteiger charge is -2.30. The zero-order valence-electron chi connectivity index (χ0n) is 21.5. The van der Waals surface area contributed by atoms with E-state index in [1.165, 1.54) is 24.1 Å². The topological polar surface area (TPSA) is 70.2 Å². The average Bonchev–Trinajstić information content (AvgIpc) is 2.92. The molecule has 36 heavy (non-hydrogen) atoms. The summed E-state index contributed by atoms with van der Waals surface area (Å²) in [6.45, 7) is 0.728. The highest BCUT2D eigenvalue weighted by Gasteiger charge is 2.24. The number of hydrogen-bond donors (Lipinski definition) is 2. The van der Waals surface area contributed by atoms with Gasteiger partial charge in [0.15, 0.2) is 0 Å². The third-order valence-electron chi connectivity index (χ3n) is 7.57. The standard InChI is InChI=1S/C30H37N5O/c1-35(2)28-26-10-6-7-11-27(26)33-30(34-28)32-25-18-12-21(13-19-25)20-31-29(36)24-16-14-23(15-17-24)22-8-4-3-5-9-22/h3-5,8-9,14-17,21,25H,6-7,10-13,18-20H2,1-2H3,(H,31,36)(H,32,33,34)/t21-,25+. The van der Waals surface area contributed by atoms with Crippen molar-refractivity contribution in [2.45, 2.75) is 57.4 Å². The van der Waals surface area contributed by atoms with Crippen LogP contribution in [-0.2, 0) is 12.8 Å². The van der Waals surface area contributed by atoms with Crippen LogP contribution in [-0.4, -0.2) is 42.6 Å². The van der Waals surface area contributed by atoms with Crippen molar-refractivity contribution < 1.29 is 4.79 Å². The van der Waals surface area contributed by atoms with E-state index < -0.39 is 0 Å². The molecule has 0 atom stereocenters. The number of anilines is 2. The van der Waals surface area contributed by atoms with E-state index >= 15 is 0 Å². The molecule has 188 valence electrons. The van der Waals surface area contributed by atoms with Crippen LogP contribution in [0.15, 0.2) is 54.6 Å². The number of benzene rings is 2. The predicted molar refractivity (Wildman–Crippen MR) is 147 cm³/mol. The molecule has 0 spiro atoms. The molecule has 1 heterocycles. The van der Waals surface area contributed by atoms with Crippen molar-refractivity contribution in [2.75, 3.05) is 30.9 Å². The maximum absolute atomic E-state index is 12.7. The summed E-state index contributed by atoms with van der Waals surface area (Å²) in [7, 11) is 4.14. The minimum atomic E-state index is 0.00790. The van der Waals surface area contributed by atoms with E-state index in [2.05, 4.69) is 41.8 Å². The van der Waals surface area contributed by atoms with Crippen LogP contribution >= 0.6 is 0 Å². The highest BCUT2D eigenvalue weighted by Crippen LogP contribution is 2.30. The van der Waals surface area contributed by atoms with Gasteiger partial charge in [0.25, 0.3) is 5.91 Å². The van der Waals surface area contributed by atoms with E-state index in [0.29, 0.717) is 17.5 Å². The number of carbonyl (C=O) groups excluding carboxylic acids is 1. The Morgan fingerprint density at radius 3 is 2.31 bits per heavy atom. The summed E-state index contributed by atoms with van der Waals surface area (Å²) >= 11 is 0. The average molecular weight is 484 g/mol. The number of fused-ring (bicyclic) bond motifs is 1. The molecule has 6 heteroatoms. The molecule has 1 fully saturated rings. The second-order valence-corrected chi connectivity index (χ2v) is 10.4. The molecule has 0 unspecified atom stereocenters. The maximum Gasteiger partial charge on any atom is 0.251 e. The molecule has 0 saturated heterocycles. The van der Waals surface area contributed by atoms with Gasteiger partial charge in [0.1, 0.15) is 5.82 Å². The second-order valence-electron chi connectivity index (χ2n) is 10.4. The van der Waals surface area contributed by atoms with Crippen molar-refractivity contribution in [3.63, 3.8) is 0 Å². The smallest absolute Gasteiger partial charge is 0.251 e. The SMILES string of the molecule is CN(C)c1nc(N[C@H]2CC[C@@H](CNC(=O)c3ccc(-c4ccccc4)cc3)CC2)nc2c1CCCC2. The van der Waals surface area contributed by atoms with Gasteiger partial charge in [-0.25, -0.2) is 4.98 Å². The van der Waals surface area contributed by atoms with Crippen molar-refractivity contribution in [1.82, 2.24) is 15.3 Å². The van der Waals surface area contributed by atoms with Gasteiger partial charge in [0.05, 0.1) is 5.69 Å². The second kappa shape index (κ2) is 11.1. The van der Waals surface area contributed by atoms with Crippen LogP contribution in [0.2, 0.25) is 0 Å². The first-order valence-corrected chi connectivity index (χ1v) is 13.3. The van der Waals surface area contributed by atoms with Crippen LogP contribution in [0.3, 0.4) is 0 Å². The minimum absolute atomic E-state index is 0.00790. The van der Waals surface area contributed by atoms with Crippen LogP contribution in [0.1, 0.15) is 60.1 Å². The van der Waals surface area contributed by atoms with Gasteiger partial charge in [-0.05, 0) is 80.5 Å². The maximum atomic E-state index is 12.7. The molecule has 2 aliphatic rings. The molecule has 0 bridgehead atoms. The van der Waals surface area contributed by atoms with Gasteiger partial charge in [0.2, 0.25) is 5.95 Å². The lowest BCUT2D eigenvalue weighted by molar-refractivity contribution is 0.0943. The molecule has 0 radical (unpaired) electrons. The molecular weight excluding hydrogens is 446 g/mol. The van der Waals surface area contributed by atoms with Gasteiger partial charge < -0.3 is 15.5 Å². The third kappa shape index (κ3) is 5.69. The zero-order chi connectivity index (χ0) is 24.9. The highest BCUT2D eigenvalue weighted by atomic mass is 16.1. The Kier molecular flexibility index (Phi) is 7.49. The fourth-order valence-corrected chi connectivity index (χ4v) is 5.49. The molecular formula is C30H37N5O. The summed E-state index contributed by atoms with van der Waals surface area (Å²) in [4.78, 5) is 24.6. The fourth-order valence-electron chi connectivity index (χ4n) is 5.49. The van der Waals surface area contributed by atoms with Crippen LogP contribution in [0.4, 0.5) is 11.8 Å². The van der Waals surface area contributed by atoms with Gasteiger partial charge in [-0.1, -0.05) is 42.5 Å². The lowest BCUT2D eigenvalue weighted by atomic mass is 9.86. The van der Waals surface area contributed by atoms with Crippen LogP contribution in [0.25, 0.3) is 11.1 Å². The van der Waals surface area contributed by atoms with Gasteiger partial charge in [0, 0.05) is 37.8 Å². The summed E-state index contributed by atoms with van der Waals surface area (Å²) in [5, 5.41) is 6.78. The molecule has 2 N–H and O–H groups in total. The van der Waals surface area contributed by atoms with Gasteiger partial charge in [-0.15, -0.1) is 0 Å². The summed E-state index contributed by atoms with van der Waals surface area (Å²) in [6, 6.07) is 18.5. The molecule has 5 rings (SSSR count). The lowest BCUT2D eigenvalue weighted by Crippen LogP contribution is -2.34. The van der Waals surface area contributed by atoms with Crippen LogP contribution in [0.5, 0.6) is 0 Å². The molecule has 1 amide bonds. The first kappa shape index (κ1) is 24.3. The molecule has 2 aromatic carbocycles. The Labute approximate surface area is 214 Å². The van der Waals surface area contributed by atoms with Gasteiger partial charge in [-0.3, -0.25) is 4.79 Å². The summed E-state index contributed by atoms with van der Waals surface area (Å²) < 4.78 is 0. The van der Waals surface area contributed by atoms with E-state index in [1.54, 1.807) is 0 Å². The highest BCUT2D eigenvalue weighted by molar-refractivity contribution is 5.94. The van der Waals surface area contributed by atoms with E-state index in [9.17, 15) is 4.79 Å². The van der Waals surface area contributed by atoms with E-state index in [4.69, 9.17) is 9.97 Å². The van der Waals surface area contributed by atoms with Gasteiger partial charge >= 0.3 is 0 Å². The predicted octanol–water partition coefficient (Wildman–Crippen LogP) is 5.49. The third-order valence-corrected chi connectivity index (χ3v) is 7.57. The molecule has 2 aliphatic carbocycles. The van der Waals surface area contributed by atoms with Crippen molar-refractivity contribution in [1.29, 1.82) is 0 Å². The molecule has 1 aromatic heterocycles.